The maximum Gasteiger partial charge on any atom is 0.277 e. The van der Waals surface area contributed by atoms with Crippen molar-refractivity contribution in [1.29, 1.82) is 0 Å². The first-order chi connectivity index (χ1) is 12.7. The highest BCUT2D eigenvalue weighted by atomic mass is 16.2. The summed E-state index contributed by atoms with van der Waals surface area (Å²) in [6.07, 6.45) is 10.3. The minimum atomic E-state index is -0.608. The lowest BCUT2D eigenvalue weighted by Crippen LogP contribution is -2.41. The molecular weight excluding hydrogens is 328 g/mol. The fourth-order valence-electron chi connectivity index (χ4n) is 3.97. The van der Waals surface area contributed by atoms with E-state index in [1.54, 1.807) is 19.2 Å². The lowest BCUT2D eigenvalue weighted by Gasteiger charge is -2.22. The maximum absolute atomic E-state index is 13.0. The van der Waals surface area contributed by atoms with Crippen LogP contribution in [-0.2, 0) is 4.79 Å². The fraction of sp³-hybridized carbons (Fsp3) is 0.450. The van der Waals surface area contributed by atoms with Gasteiger partial charge in [-0.1, -0.05) is 25.7 Å². The normalized spacial score (nSPS) is 17.3. The second-order valence-electron chi connectivity index (χ2n) is 7.16. The van der Waals surface area contributed by atoms with E-state index in [0.29, 0.717) is 11.2 Å². The number of hydrogen-bond acceptors (Lipinski definition) is 3. The molecule has 1 amide bonds. The molecule has 1 fully saturated rings. The number of hydrogen-bond donors (Lipinski definition) is 1. The van der Waals surface area contributed by atoms with Gasteiger partial charge in [0.2, 0.25) is 5.91 Å². The molecule has 0 aliphatic heterocycles. The average molecular weight is 352 g/mol. The van der Waals surface area contributed by atoms with Crippen molar-refractivity contribution in [3.8, 4) is 0 Å². The molecule has 6 heteroatoms. The Balaban J connectivity index is 1.73. The molecule has 0 spiro atoms. The van der Waals surface area contributed by atoms with Crippen LogP contribution in [0.4, 0.5) is 0 Å². The number of aromatic nitrogens is 3. The molecule has 0 bridgehead atoms. The third-order valence-electron chi connectivity index (χ3n) is 5.41. The first-order valence-electron chi connectivity index (χ1n) is 9.43. The molecule has 136 valence electrons. The van der Waals surface area contributed by atoms with Crippen LogP contribution in [0.2, 0.25) is 0 Å². The molecule has 26 heavy (non-hydrogen) atoms. The number of carbonyl (C=O) groups excluding carboxylic acids is 1. The zero-order valence-electron chi connectivity index (χ0n) is 15.0. The number of carbonyl (C=O) groups is 1. The Morgan fingerprint density at radius 2 is 1.88 bits per heavy atom. The molecule has 1 N–H and O–H groups in total. The Bertz CT molecular complexity index is 996. The van der Waals surface area contributed by atoms with E-state index in [2.05, 4.69) is 10.3 Å². The Kier molecular flexibility index (Phi) is 4.49. The van der Waals surface area contributed by atoms with Gasteiger partial charge in [0.05, 0.1) is 5.52 Å². The van der Waals surface area contributed by atoms with Gasteiger partial charge >= 0.3 is 0 Å². The number of rotatable bonds is 3. The van der Waals surface area contributed by atoms with Gasteiger partial charge < -0.3 is 9.72 Å². The minimum absolute atomic E-state index is 0.109. The summed E-state index contributed by atoms with van der Waals surface area (Å²) in [5.41, 5.74) is 1.72. The number of nitrogens with zero attached hydrogens (tertiary/aromatic N) is 3. The van der Waals surface area contributed by atoms with Crippen molar-refractivity contribution < 1.29 is 4.79 Å². The summed E-state index contributed by atoms with van der Waals surface area (Å²) in [5.74, 6) is -0.109. The molecule has 4 rings (SSSR count). The maximum atomic E-state index is 13.0. The van der Waals surface area contributed by atoms with E-state index in [1.165, 1.54) is 17.4 Å². The van der Waals surface area contributed by atoms with Crippen LogP contribution in [0.3, 0.4) is 0 Å². The highest BCUT2D eigenvalue weighted by Gasteiger charge is 2.24. The van der Waals surface area contributed by atoms with E-state index in [9.17, 15) is 9.59 Å². The molecule has 0 aromatic carbocycles. The number of fused-ring (bicyclic) bond motifs is 3. The van der Waals surface area contributed by atoms with Crippen molar-refractivity contribution in [2.45, 2.75) is 57.5 Å². The zero-order valence-corrected chi connectivity index (χ0v) is 15.0. The summed E-state index contributed by atoms with van der Waals surface area (Å²) in [4.78, 5) is 30.3. The van der Waals surface area contributed by atoms with E-state index in [1.807, 2.05) is 28.8 Å². The van der Waals surface area contributed by atoms with Crippen molar-refractivity contribution in [3.05, 3.63) is 47.0 Å². The average Bonchev–Trinajstić information content (AvgIpc) is 3.01. The molecule has 0 saturated heterocycles. The highest BCUT2D eigenvalue weighted by molar-refractivity contribution is 5.83. The Morgan fingerprint density at radius 3 is 2.65 bits per heavy atom. The molecule has 1 saturated carbocycles. The summed E-state index contributed by atoms with van der Waals surface area (Å²) >= 11 is 0. The van der Waals surface area contributed by atoms with Crippen LogP contribution in [0.15, 0.2) is 41.5 Å². The van der Waals surface area contributed by atoms with Gasteiger partial charge in [-0.15, -0.1) is 0 Å². The van der Waals surface area contributed by atoms with E-state index >= 15 is 0 Å². The molecule has 1 aliphatic rings. The lowest BCUT2D eigenvalue weighted by atomic mass is 10.1. The molecule has 3 aromatic rings. The molecule has 3 aromatic heterocycles. The standard InChI is InChI=1S/C20H24N4O2/c1-14(19(25)22-15-8-4-2-3-5-9-15)24-18-16(10-6-12-21-18)23-13-7-11-17(23)20(24)26/h6-7,10-15H,2-5,8-9H2,1H3,(H,22,25)/t14-/m0/s1. The van der Waals surface area contributed by atoms with Crippen molar-refractivity contribution >= 4 is 22.6 Å². The van der Waals surface area contributed by atoms with Crippen LogP contribution in [0, 0.1) is 0 Å². The third-order valence-corrected chi connectivity index (χ3v) is 5.41. The molecular formula is C20H24N4O2. The van der Waals surface area contributed by atoms with Crippen LogP contribution >= 0.6 is 0 Å². The van der Waals surface area contributed by atoms with E-state index in [4.69, 9.17) is 0 Å². The van der Waals surface area contributed by atoms with E-state index in [-0.39, 0.29) is 17.5 Å². The summed E-state index contributed by atoms with van der Waals surface area (Å²) in [7, 11) is 0. The first kappa shape index (κ1) is 16.8. The summed E-state index contributed by atoms with van der Waals surface area (Å²) in [6.45, 7) is 1.78. The lowest BCUT2D eigenvalue weighted by molar-refractivity contribution is -0.124. The van der Waals surface area contributed by atoms with Crippen LogP contribution in [0.5, 0.6) is 0 Å². The second-order valence-corrected chi connectivity index (χ2v) is 7.16. The predicted molar refractivity (Wildman–Crippen MR) is 101 cm³/mol. The van der Waals surface area contributed by atoms with Gasteiger partial charge in [-0.3, -0.25) is 14.2 Å². The fourth-order valence-corrected chi connectivity index (χ4v) is 3.97. The van der Waals surface area contributed by atoms with Crippen LogP contribution in [0.1, 0.15) is 51.5 Å². The number of nitrogens with one attached hydrogen (secondary N) is 1. The van der Waals surface area contributed by atoms with Gasteiger partial charge in [-0.05, 0) is 44.0 Å². The Labute approximate surface area is 151 Å². The van der Waals surface area contributed by atoms with Gasteiger partial charge in [0.15, 0.2) is 5.65 Å². The summed E-state index contributed by atoms with van der Waals surface area (Å²) in [5, 5.41) is 3.16. The van der Waals surface area contributed by atoms with E-state index < -0.39 is 6.04 Å². The molecule has 1 atom stereocenters. The van der Waals surface area contributed by atoms with Crippen molar-refractivity contribution in [1.82, 2.24) is 19.3 Å². The molecule has 6 nitrogen and oxygen atoms in total. The van der Waals surface area contributed by atoms with Crippen molar-refractivity contribution in [2.75, 3.05) is 0 Å². The SMILES string of the molecule is C[C@@H](C(=O)NC1CCCCCC1)n1c(=O)c2cccn2c2cccnc21. The van der Waals surface area contributed by atoms with Crippen molar-refractivity contribution in [3.63, 3.8) is 0 Å². The monoisotopic (exact) mass is 352 g/mol. The summed E-state index contributed by atoms with van der Waals surface area (Å²) < 4.78 is 3.35. The van der Waals surface area contributed by atoms with Crippen molar-refractivity contribution in [2.24, 2.45) is 0 Å². The van der Waals surface area contributed by atoms with Crippen LogP contribution < -0.4 is 10.9 Å². The van der Waals surface area contributed by atoms with Crippen LogP contribution in [-0.4, -0.2) is 25.9 Å². The van der Waals surface area contributed by atoms with Gasteiger partial charge in [-0.2, -0.15) is 0 Å². The molecule has 0 radical (unpaired) electrons. The largest absolute Gasteiger partial charge is 0.352 e. The molecule has 0 unspecified atom stereocenters. The second kappa shape index (κ2) is 6.94. The molecule has 1 aliphatic carbocycles. The smallest absolute Gasteiger partial charge is 0.277 e. The van der Waals surface area contributed by atoms with Gasteiger partial charge in [-0.25, -0.2) is 4.98 Å². The zero-order chi connectivity index (χ0) is 18.1. The predicted octanol–water partition coefficient (Wildman–Crippen LogP) is 3.05. The van der Waals surface area contributed by atoms with E-state index in [0.717, 1.165) is 31.2 Å². The minimum Gasteiger partial charge on any atom is -0.352 e. The van der Waals surface area contributed by atoms with Crippen LogP contribution in [0.25, 0.3) is 16.7 Å². The molecule has 3 heterocycles. The summed E-state index contributed by atoms with van der Waals surface area (Å²) in [6, 6.07) is 6.97. The Hall–Kier alpha value is -2.63. The topological polar surface area (TPSA) is 68.4 Å². The highest BCUT2D eigenvalue weighted by Crippen LogP contribution is 2.20. The van der Waals surface area contributed by atoms with Gasteiger partial charge in [0.25, 0.3) is 5.56 Å². The van der Waals surface area contributed by atoms with Gasteiger partial charge in [0, 0.05) is 18.4 Å². The van der Waals surface area contributed by atoms with Gasteiger partial charge in [0.1, 0.15) is 11.6 Å². The first-order valence-corrected chi connectivity index (χ1v) is 9.43. The third kappa shape index (κ3) is 2.89. The quantitative estimate of drug-likeness (QED) is 0.737. The number of pyridine rings is 1. The Morgan fingerprint density at radius 1 is 1.15 bits per heavy atom. The number of amides is 1.